The molecule has 0 bridgehead atoms. The Balaban J connectivity index is 1.62. The zero-order chi connectivity index (χ0) is 23.1. The molecule has 1 heterocycles. The van der Waals surface area contributed by atoms with Crippen LogP contribution in [0.2, 0.25) is 0 Å². The van der Waals surface area contributed by atoms with Crippen molar-refractivity contribution >= 4 is 17.5 Å². The van der Waals surface area contributed by atoms with Crippen molar-refractivity contribution in [3.05, 3.63) is 100 Å². The fourth-order valence-corrected chi connectivity index (χ4v) is 4.33. The van der Waals surface area contributed by atoms with Gasteiger partial charge < -0.3 is 11.1 Å². The molecule has 1 aliphatic carbocycles. The quantitative estimate of drug-likeness (QED) is 0.492. The number of hydrogen-bond donors (Lipinski definition) is 2. The topological polar surface area (TPSA) is 90.0 Å². The largest absolute Gasteiger partial charge is 0.364 e. The van der Waals surface area contributed by atoms with Crippen molar-refractivity contribution < 1.29 is 14.0 Å². The Bertz CT molecular complexity index is 1420. The van der Waals surface area contributed by atoms with Gasteiger partial charge in [0.1, 0.15) is 5.82 Å². The van der Waals surface area contributed by atoms with E-state index in [1.54, 1.807) is 22.9 Å². The summed E-state index contributed by atoms with van der Waals surface area (Å²) in [5.74, 6) is -1.25. The fraction of sp³-hybridized carbons (Fsp3) is 0.115. The van der Waals surface area contributed by atoms with Gasteiger partial charge in [-0.3, -0.25) is 9.59 Å². The van der Waals surface area contributed by atoms with Gasteiger partial charge >= 0.3 is 0 Å². The molecule has 3 aromatic carbocycles. The smallest absolute Gasteiger partial charge is 0.269 e. The lowest BCUT2D eigenvalue weighted by Gasteiger charge is -2.20. The molecular weight excluding hydrogens is 419 g/mol. The van der Waals surface area contributed by atoms with Gasteiger partial charge in [0, 0.05) is 22.4 Å². The number of rotatable bonds is 4. The van der Waals surface area contributed by atoms with Gasteiger partial charge in [0.05, 0.1) is 11.4 Å². The van der Waals surface area contributed by atoms with Crippen LogP contribution in [0.15, 0.2) is 66.7 Å². The molecule has 0 fully saturated rings. The number of benzene rings is 3. The van der Waals surface area contributed by atoms with E-state index >= 15 is 0 Å². The number of nitrogens with one attached hydrogen (secondary N) is 1. The number of nitrogens with two attached hydrogens (primary N) is 1. The van der Waals surface area contributed by atoms with Gasteiger partial charge in [-0.15, -0.1) is 0 Å². The summed E-state index contributed by atoms with van der Waals surface area (Å²) in [7, 11) is 0. The summed E-state index contributed by atoms with van der Waals surface area (Å²) in [6.45, 7) is 1.89. The molecule has 0 saturated heterocycles. The number of carbonyl (C=O) groups is 2. The normalized spacial score (nSPS) is 12.1. The van der Waals surface area contributed by atoms with Crippen molar-refractivity contribution in [3.63, 3.8) is 0 Å². The highest BCUT2D eigenvalue weighted by Gasteiger charge is 2.28. The summed E-state index contributed by atoms with van der Waals surface area (Å²) >= 11 is 0. The van der Waals surface area contributed by atoms with Gasteiger partial charge in [-0.1, -0.05) is 30.3 Å². The number of amides is 2. The average molecular weight is 440 g/mol. The maximum Gasteiger partial charge on any atom is 0.269 e. The molecule has 1 aliphatic rings. The summed E-state index contributed by atoms with van der Waals surface area (Å²) < 4.78 is 15.5. The second-order valence-electron chi connectivity index (χ2n) is 8.07. The Morgan fingerprint density at radius 2 is 1.85 bits per heavy atom. The Morgan fingerprint density at radius 1 is 1.03 bits per heavy atom. The molecule has 5 rings (SSSR count). The van der Waals surface area contributed by atoms with E-state index in [0.717, 1.165) is 22.3 Å². The predicted molar refractivity (Wildman–Crippen MR) is 124 cm³/mol. The summed E-state index contributed by atoms with van der Waals surface area (Å²) in [6, 6.07) is 19.1. The maximum absolute atomic E-state index is 14.0. The second kappa shape index (κ2) is 8.02. The van der Waals surface area contributed by atoms with E-state index in [9.17, 15) is 14.0 Å². The van der Waals surface area contributed by atoms with Crippen LogP contribution in [0, 0.1) is 12.7 Å². The van der Waals surface area contributed by atoms with Crippen LogP contribution in [0.25, 0.3) is 16.9 Å². The number of carbonyl (C=O) groups excluding carboxylic acids is 2. The standard InChI is InChI=1S/C26H21FN4O2/c1-15-5-2-3-8-20(15)26(33)29-18-11-9-16-10-12-21-23(25(28)32)30-31(24(21)22(16)14-18)19-7-4-6-17(27)13-19/h2-9,11,13-14H,10,12H2,1H3,(H2,28,32)(H,29,33). The number of fused-ring (bicyclic) bond motifs is 3. The highest BCUT2D eigenvalue weighted by Crippen LogP contribution is 2.38. The van der Waals surface area contributed by atoms with E-state index in [0.29, 0.717) is 35.5 Å². The van der Waals surface area contributed by atoms with Crippen LogP contribution in [0.3, 0.4) is 0 Å². The molecule has 0 saturated carbocycles. The average Bonchev–Trinajstić information content (AvgIpc) is 3.20. The minimum absolute atomic E-state index is 0.175. The van der Waals surface area contributed by atoms with Crippen molar-refractivity contribution in [3.8, 4) is 16.9 Å². The van der Waals surface area contributed by atoms with Crippen LogP contribution in [0.1, 0.15) is 37.5 Å². The number of halogens is 1. The number of primary amides is 1. The molecule has 3 N–H and O–H groups in total. The molecular formula is C26H21FN4O2. The summed E-state index contributed by atoms with van der Waals surface area (Å²) in [6.07, 6.45) is 1.29. The van der Waals surface area contributed by atoms with E-state index in [-0.39, 0.29) is 11.6 Å². The predicted octanol–water partition coefficient (Wildman–Crippen LogP) is 4.44. The molecule has 0 aliphatic heterocycles. The number of hydrogen-bond acceptors (Lipinski definition) is 3. The summed E-state index contributed by atoms with van der Waals surface area (Å²) in [5.41, 5.74) is 11.6. The summed E-state index contributed by atoms with van der Waals surface area (Å²) in [5, 5.41) is 7.40. The third-order valence-corrected chi connectivity index (χ3v) is 5.93. The maximum atomic E-state index is 14.0. The molecule has 7 heteroatoms. The Hall–Kier alpha value is -4.26. The van der Waals surface area contributed by atoms with Crippen LogP contribution < -0.4 is 11.1 Å². The Kier molecular flexibility index (Phi) is 5.01. The van der Waals surface area contributed by atoms with E-state index in [4.69, 9.17) is 5.73 Å². The highest BCUT2D eigenvalue weighted by molar-refractivity contribution is 6.05. The molecule has 0 atom stereocenters. The zero-order valence-corrected chi connectivity index (χ0v) is 17.9. The van der Waals surface area contributed by atoms with Gasteiger partial charge in [0.15, 0.2) is 5.69 Å². The lowest BCUT2D eigenvalue weighted by Crippen LogP contribution is -2.16. The van der Waals surface area contributed by atoms with Crippen molar-refractivity contribution in [2.45, 2.75) is 19.8 Å². The fourth-order valence-electron chi connectivity index (χ4n) is 4.33. The molecule has 33 heavy (non-hydrogen) atoms. The third-order valence-electron chi connectivity index (χ3n) is 5.93. The Morgan fingerprint density at radius 3 is 2.61 bits per heavy atom. The highest BCUT2D eigenvalue weighted by atomic mass is 19.1. The molecule has 0 unspecified atom stereocenters. The summed E-state index contributed by atoms with van der Waals surface area (Å²) in [4.78, 5) is 24.9. The van der Waals surface area contributed by atoms with E-state index in [2.05, 4.69) is 10.4 Å². The SMILES string of the molecule is Cc1ccccc1C(=O)Nc1ccc2c(c1)-c1c(c(C(N)=O)nn1-c1cccc(F)c1)CC2. The molecule has 2 amide bonds. The molecule has 6 nitrogen and oxygen atoms in total. The lowest BCUT2D eigenvalue weighted by molar-refractivity contribution is 0.0992. The molecule has 1 aromatic heterocycles. The van der Waals surface area contributed by atoms with E-state index in [1.807, 2.05) is 43.3 Å². The molecule has 164 valence electrons. The third kappa shape index (κ3) is 3.67. The van der Waals surface area contributed by atoms with Crippen molar-refractivity contribution in [1.82, 2.24) is 9.78 Å². The molecule has 4 aromatic rings. The van der Waals surface area contributed by atoms with E-state index < -0.39 is 11.7 Å². The molecule has 0 spiro atoms. The first-order valence-electron chi connectivity index (χ1n) is 10.6. The zero-order valence-electron chi connectivity index (χ0n) is 17.9. The first kappa shape index (κ1) is 20.6. The lowest BCUT2D eigenvalue weighted by atomic mass is 9.88. The minimum atomic E-state index is -0.631. The number of nitrogens with zero attached hydrogens (tertiary/aromatic N) is 2. The van der Waals surface area contributed by atoms with Crippen molar-refractivity contribution in [2.75, 3.05) is 5.32 Å². The number of anilines is 1. The number of aryl methyl sites for hydroxylation is 2. The molecule has 0 radical (unpaired) electrons. The van der Waals surface area contributed by atoms with Crippen LogP contribution in [0.5, 0.6) is 0 Å². The van der Waals surface area contributed by atoms with Crippen LogP contribution in [0.4, 0.5) is 10.1 Å². The first-order chi connectivity index (χ1) is 15.9. The van der Waals surface area contributed by atoms with Gasteiger partial charge in [0.2, 0.25) is 0 Å². The van der Waals surface area contributed by atoms with Crippen LogP contribution in [-0.2, 0) is 12.8 Å². The first-order valence-corrected chi connectivity index (χ1v) is 10.6. The van der Waals surface area contributed by atoms with Crippen molar-refractivity contribution in [2.24, 2.45) is 5.73 Å². The Labute approximate surface area is 189 Å². The van der Waals surface area contributed by atoms with Gasteiger partial charge in [-0.2, -0.15) is 5.10 Å². The van der Waals surface area contributed by atoms with Gasteiger partial charge in [0.25, 0.3) is 11.8 Å². The minimum Gasteiger partial charge on any atom is -0.364 e. The van der Waals surface area contributed by atoms with Crippen LogP contribution >= 0.6 is 0 Å². The van der Waals surface area contributed by atoms with Gasteiger partial charge in [-0.25, -0.2) is 9.07 Å². The van der Waals surface area contributed by atoms with Gasteiger partial charge in [-0.05, 0) is 67.3 Å². The monoisotopic (exact) mass is 440 g/mol. The van der Waals surface area contributed by atoms with Crippen molar-refractivity contribution in [1.29, 1.82) is 0 Å². The second-order valence-corrected chi connectivity index (χ2v) is 8.07. The van der Waals surface area contributed by atoms with E-state index in [1.165, 1.54) is 12.1 Å². The van der Waals surface area contributed by atoms with Crippen LogP contribution in [-0.4, -0.2) is 21.6 Å². The number of aromatic nitrogens is 2.